The summed E-state index contributed by atoms with van der Waals surface area (Å²) in [5.74, 6) is 3.95. The molecule has 150 valence electrons. The minimum Gasteiger partial charge on any atom is -0.454 e. The summed E-state index contributed by atoms with van der Waals surface area (Å²) in [5, 5.41) is 3.00. The van der Waals surface area contributed by atoms with Crippen molar-refractivity contribution in [1.29, 1.82) is 0 Å². The number of hydrogen-bond donors (Lipinski definition) is 1. The monoisotopic (exact) mass is 381 g/mol. The van der Waals surface area contributed by atoms with E-state index in [2.05, 4.69) is 49.5 Å². The van der Waals surface area contributed by atoms with E-state index < -0.39 is 0 Å². The van der Waals surface area contributed by atoms with Gasteiger partial charge in [-0.05, 0) is 60.3 Å². The third-order valence-corrected chi connectivity index (χ3v) is 6.29. The first-order chi connectivity index (χ1) is 13.6. The maximum Gasteiger partial charge on any atom is 0.243 e. The largest absolute Gasteiger partial charge is 0.454 e. The van der Waals surface area contributed by atoms with Crippen molar-refractivity contribution >= 4 is 5.91 Å². The Morgan fingerprint density at radius 1 is 1.18 bits per heavy atom. The zero-order valence-corrected chi connectivity index (χ0v) is 16.9. The van der Waals surface area contributed by atoms with E-state index in [-0.39, 0.29) is 11.8 Å². The number of nitrogens with one attached hydrogen (secondary N) is 1. The van der Waals surface area contributed by atoms with E-state index in [0.717, 1.165) is 11.5 Å². The number of amides is 1. The van der Waals surface area contributed by atoms with Crippen LogP contribution in [-0.4, -0.2) is 19.2 Å². The van der Waals surface area contributed by atoms with Crippen LogP contribution in [0.3, 0.4) is 0 Å². The predicted molar refractivity (Wildman–Crippen MR) is 110 cm³/mol. The van der Waals surface area contributed by atoms with Crippen molar-refractivity contribution < 1.29 is 14.3 Å². The lowest BCUT2D eigenvalue weighted by Gasteiger charge is -2.41. The molecule has 1 aromatic carbocycles. The SMILES string of the molecule is CC(C)CNC(=O)/C=C/[C@H]1[C@@H]2CCCC[C@@H]2C=C[C@@H]1c1ccc2c(c1)OCO2. The first-order valence-corrected chi connectivity index (χ1v) is 10.7. The van der Waals surface area contributed by atoms with E-state index in [0.29, 0.717) is 37.0 Å². The van der Waals surface area contributed by atoms with Crippen molar-refractivity contribution in [2.75, 3.05) is 13.3 Å². The summed E-state index contributed by atoms with van der Waals surface area (Å²) in [5.41, 5.74) is 1.24. The third kappa shape index (κ3) is 4.11. The fraction of sp³-hybridized carbons (Fsp3) is 0.542. The van der Waals surface area contributed by atoms with E-state index in [1.807, 2.05) is 6.07 Å². The van der Waals surface area contributed by atoms with Gasteiger partial charge < -0.3 is 14.8 Å². The van der Waals surface area contributed by atoms with Crippen molar-refractivity contribution in [3.8, 4) is 11.5 Å². The van der Waals surface area contributed by atoms with Crippen LogP contribution in [0.4, 0.5) is 0 Å². The number of fused-ring (bicyclic) bond motifs is 2. The van der Waals surface area contributed by atoms with Gasteiger partial charge in [-0.2, -0.15) is 0 Å². The lowest BCUT2D eigenvalue weighted by Crippen LogP contribution is -2.32. The Hall–Kier alpha value is -2.23. The maximum absolute atomic E-state index is 12.3. The van der Waals surface area contributed by atoms with Gasteiger partial charge in [0.05, 0.1) is 0 Å². The maximum atomic E-state index is 12.3. The summed E-state index contributed by atoms with van der Waals surface area (Å²) in [6.07, 6.45) is 13.8. The van der Waals surface area contributed by atoms with Crippen LogP contribution < -0.4 is 14.8 Å². The Kier molecular flexibility index (Phi) is 5.74. The molecule has 1 fully saturated rings. The Morgan fingerprint density at radius 2 is 2.00 bits per heavy atom. The topological polar surface area (TPSA) is 47.6 Å². The number of benzene rings is 1. The average Bonchev–Trinajstić information content (AvgIpc) is 3.18. The van der Waals surface area contributed by atoms with Crippen molar-refractivity contribution in [3.63, 3.8) is 0 Å². The average molecular weight is 382 g/mol. The van der Waals surface area contributed by atoms with E-state index in [9.17, 15) is 4.79 Å². The van der Waals surface area contributed by atoms with Gasteiger partial charge in [-0.1, -0.05) is 51.0 Å². The Balaban J connectivity index is 1.58. The first-order valence-electron chi connectivity index (χ1n) is 10.7. The van der Waals surface area contributed by atoms with Crippen molar-refractivity contribution in [1.82, 2.24) is 5.32 Å². The Morgan fingerprint density at radius 3 is 2.86 bits per heavy atom. The molecule has 1 N–H and O–H groups in total. The molecule has 4 rings (SSSR count). The van der Waals surface area contributed by atoms with Gasteiger partial charge in [0.15, 0.2) is 11.5 Å². The van der Waals surface area contributed by atoms with E-state index in [1.54, 1.807) is 6.08 Å². The fourth-order valence-corrected chi connectivity index (χ4v) is 4.84. The van der Waals surface area contributed by atoms with E-state index >= 15 is 0 Å². The number of rotatable bonds is 5. The van der Waals surface area contributed by atoms with Crippen LogP contribution in [0.25, 0.3) is 0 Å². The van der Waals surface area contributed by atoms with Crippen LogP contribution in [0, 0.1) is 23.7 Å². The summed E-state index contributed by atoms with van der Waals surface area (Å²) < 4.78 is 11.1. The highest BCUT2D eigenvalue weighted by Crippen LogP contribution is 2.48. The molecule has 28 heavy (non-hydrogen) atoms. The molecule has 0 spiro atoms. The van der Waals surface area contributed by atoms with Crippen LogP contribution in [0.5, 0.6) is 11.5 Å². The lowest BCUT2D eigenvalue weighted by molar-refractivity contribution is -0.116. The Bertz CT molecular complexity index is 767. The summed E-state index contributed by atoms with van der Waals surface area (Å²) in [7, 11) is 0. The molecule has 0 bridgehead atoms. The third-order valence-electron chi connectivity index (χ3n) is 6.29. The molecule has 0 unspecified atom stereocenters. The number of hydrogen-bond acceptors (Lipinski definition) is 3. The Labute approximate surface area is 168 Å². The predicted octanol–water partition coefficient (Wildman–Crippen LogP) is 4.82. The van der Waals surface area contributed by atoms with Gasteiger partial charge in [0.1, 0.15) is 0 Å². The van der Waals surface area contributed by atoms with Crippen molar-refractivity contribution in [2.24, 2.45) is 23.7 Å². The molecule has 0 saturated heterocycles. The second kappa shape index (κ2) is 8.42. The second-order valence-corrected chi connectivity index (χ2v) is 8.71. The summed E-state index contributed by atoms with van der Waals surface area (Å²) in [6, 6.07) is 6.26. The van der Waals surface area contributed by atoms with Crippen LogP contribution >= 0.6 is 0 Å². The van der Waals surface area contributed by atoms with Gasteiger partial charge >= 0.3 is 0 Å². The quantitative estimate of drug-likeness (QED) is 0.588. The molecule has 0 radical (unpaired) electrons. The normalized spacial score (nSPS) is 28.5. The summed E-state index contributed by atoms with van der Waals surface area (Å²) in [4.78, 5) is 12.3. The number of carbonyl (C=O) groups is 1. The number of carbonyl (C=O) groups excluding carboxylic acids is 1. The van der Waals surface area contributed by atoms with Crippen LogP contribution in [0.15, 0.2) is 42.5 Å². The number of ether oxygens (including phenoxy) is 2. The van der Waals surface area contributed by atoms with Crippen LogP contribution in [0.1, 0.15) is 51.0 Å². The molecule has 4 nitrogen and oxygen atoms in total. The highest BCUT2D eigenvalue weighted by Gasteiger charge is 2.37. The second-order valence-electron chi connectivity index (χ2n) is 8.71. The standard InChI is InChI=1S/C24H31NO3/c1-16(2)14-25-24(26)12-10-21-19-6-4-3-5-17(19)7-9-20(21)18-8-11-22-23(13-18)28-15-27-22/h7-13,16-17,19-21H,3-6,14-15H2,1-2H3,(H,25,26)/b12-10+/t17-,19-,20-,21+/m1/s1. The summed E-state index contributed by atoms with van der Waals surface area (Å²) in [6.45, 7) is 5.23. The molecule has 1 aromatic rings. The zero-order valence-electron chi connectivity index (χ0n) is 16.9. The molecule has 2 aliphatic carbocycles. The summed E-state index contributed by atoms with van der Waals surface area (Å²) >= 11 is 0. The highest BCUT2D eigenvalue weighted by atomic mass is 16.7. The van der Waals surface area contributed by atoms with Gasteiger partial charge in [-0.25, -0.2) is 0 Å². The zero-order chi connectivity index (χ0) is 19.5. The molecule has 0 aromatic heterocycles. The molecule has 3 aliphatic rings. The molecule has 1 saturated carbocycles. The molecular formula is C24H31NO3. The number of allylic oxidation sites excluding steroid dienone is 3. The van der Waals surface area contributed by atoms with E-state index in [1.165, 1.54) is 31.2 Å². The van der Waals surface area contributed by atoms with Crippen LogP contribution in [-0.2, 0) is 4.79 Å². The minimum atomic E-state index is 0.0139. The highest BCUT2D eigenvalue weighted by molar-refractivity contribution is 5.87. The van der Waals surface area contributed by atoms with Gasteiger partial charge in [0.2, 0.25) is 12.7 Å². The molecule has 4 atom stereocenters. The first kappa shape index (κ1) is 19.1. The van der Waals surface area contributed by atoms with Crippen LogP contribution in [0.2, 0.25) is 0 Å². The molecular weight excluding hydrogens is 350 g/mol. The molecule has 1 heterocycles. The smallest absolute Gasteiger partial charge is 0.243 e. The van der Waals surface area contributed by atoms with Gasteiger partial charge in [0.25, 0.3) is 0 Å². The molecule has 1 aliphatic heterocycles. The van der Waals surface area contributed by atoms with Crippen molar-refractivity contribution in [2.45, 2.75) is 45.4 Å². The van der Waals surface area contributed by atoms with Crippen molar-refractivity contribution in [3.05, 3.63) is 48.1 Å². The fourth-order valence-electron chi connectivity index (χ4n) is 4.84. The lowest BCUT2D eigenvalue weighted by atomic mass is 9.63. The molecule has 4 heteroatoms. The van der Waals surface area contributed by atoms with Gasteiger partial charge in [-0.15, -0.1) is 0 Å². The molecule has 1 amide bonds. The van der Waals surface area contributed by atoms with Gasteiger partial charge in [0, 0.05) is 12.5 Å². The van der Waals surface area contributed by atoms with E-state index in [4.69, 9.17) is 9.47 Å². The minimum absolute atomic E-state index is 0.0139. The van der Waals surface area contributed by atoms with Gasteiger partial charge in [-0.3, -0.25) is 4.79 Å².